The predicted octanol–water partition coefficient (Wildman–Crippen LogP) is 4.41. The van der Waals surface area contributed by atoms with E-state index in [0.717, 1.165) is 11.1 Å². The monoisotopic (exact) mass is 402 g/mol. The smallest absolute Gasteiger partial charge is 0.409 e. The molecule has 0 aliphatic rings. The van der Waals surface area contributed by atoms with Crippen LogP contribution < -0.4 is 16.1 Å². The molecule has 0 atom stereocenters. The van der Waals surface area contributed by atoms with Gasteiger partial charge in [-0.15, -0.1) is 12.4 Å². The maximum atomic E-state index is 11.3. The Kier molecular flexibility index (Phi) is 11.7. The first-order valence-corrected chi connectivity index (χ1v) is 8.32. The molecule has 148 valence electrons. The average molecular weight is 403 g/mol. The van der Waals surface area contributed by atoms with E-state index in [2.05, 4.69) is 10.3 Å². The summed E-state index contributed by atoms with van der Waals surface area (Å²) >= 11 is 0. The minimum Gasteiger partial charge on any atom is -0.409 e. The molecule has 1 amide bonds. The van der Waals surface area contributed by atoms with Crippen molar-refractivity contribution < 1.29 is 19.2 Å². The van der Waals surface area contributed by atoms with Crippen LogP contribution in [0, 0.1) is 0 Å². The number of ether oxygens (including phenoxy) is 1. The lowest BCUT2D eigenvalue weighted by molar-refractivity contribution is 0.0343. The molecule has 6 nitrogen and oxygen atoms in total. The van der Waals surface area contributed by atoms with E-state index >= 15 is 0 Å². The molecule has 28 heavy (non-hydrogen) atoms. The Morgan fingerprint density at radius 1 is 0.750 bits per heavy atom. The summed E-state index contributed by atoms with van der Waals surface area (Å²) in [6.45, 7) is 0.783. The van der Waals surface area contributed by atoms with Crippen LogP contribution in [-0.4, -0.2) is 6.09 Å². The zero-order valence-electron chi connectivity index (χ0n) is 15.2. The number of rotatable bonds is 6. The lowest BCUT2D eigenvalue weighted by atomic mass is 10.2. The van der Waals surface area contributed by atoms with Gasteiger partial charge in [-0.1, -0.05) is 78.9 Å². The number of hydrogen-bond acceptors (Lipinski definition) is 5. The van der Waals surface area contributed by atoms with E-state index in [1.165, 1.54) is 0 Å². The highest BCUT2D eigenvalue weighted by molar-refractivity contribution is 5.85. The lowest BCUT2D eigenvalue weighted by Gasteiger charge is -2.06. The number of nitrogens with two attached hydrogens (primary N) is 1. The van der Waals surface area contributed by atoms with Crippen molar-refractivity contribution in [3.05, 3.63) is 102 Å². The molecule has 0 radical (unpaired) electrons. The van der Waals surface area contributed by atoms with Crippen LogP contribution in [-0.2, 0) is 22.9 Å². The summed E-state index contributed by atoms with van der Waals surface area (Å²) in [7, 11) is 0. The maximum absolute atomic E-state index is 11.3. The first kappa shape index (κ1) is 23.1. The summed E-state index contributed by atoms with van der Waals surface area (Å²) in [5.41, 5.74) is 4.29. The van der Waals surface area contributed by atoms with Crippen molar-refractivity contribution >= 4 is 18.5 Å². The number of hydroxylamine groups is 1. The molecule has 0 bridgehead atoms. The molecular formula is C21H23ClN2O4. The molecule has 3 rings (SSSR count). The normalized spacial score (nSPS) is 9.32. The summed E-state index contributed by atoms with van der Waals surface area (Å²) in [6, 6.07) is 28.1. The van der Waals surface area contributed by atoms with E-state index < -0.39 is 6.09 Å². The molecule has 0 spiro atoms. The molecule has 0 saturated heterocycles. The number of para-hydroxylation sites is 1. The van der Waals surface area contributed by atoms with Gasteiger partial charge in [0, 0.05) is 0 Å². The van der Waals surface area contributed by atoms with Crippen LogP contribution in [0.15, 0.2) is 91.0 Å². The van der Waals surface area contributed by atoms with Crippen molar-refractivity contribution in [1.82, 2.24) is 5.48 Å². The van der Waals surface area contributed by atoms with E-state index in [1.807, 2.05) is 66.7 Å². The van der Waals surface area contributed by atoms with Gasteiger partial charge in [0.2, 0.25) is 0 Å². The molecule has 0 heterocycles. The molecule has 3 N–H and O–H groups in total. The number of nitrogens with one attached hydrogen (secondary N) is 1. The molecule has 0 aliphatic heterocycles. The fourth-order valence-electron chi connectivity index (χ4n) is 2.04. The van der Waals surface area contributed by atoms with Gasteiger partial charge in [-0.2, -0.15) is 5.48 Å². The predicted molar refractivity (Wildman–Crippen MR) is 109 cm³/mol. The van der Waals surface area contributed by atoms with E-state index in [-0.39, 0.29) is 12.4 Å². The van der Waals surface area contributed by atoms with Crippen LogP contribution in [0.1, 0.15) is 11.1 Å². The van der Waals surface area contributed by atoms with E-state index in [9.17, 15) is 4.79 Å². The molecular weight excluding hydrogens is 380 g/mol. The second-order valence-electron chi connectivity index (χ2n) is 5.38. The Balaban J connectivity index is 0.000000332. The number of benzene rings is 3. The molecule has 3 aromatic carbocycles. The summed E-state index contributed by atoms with van der Waals surface area (Å²) in [5.74, 6) is 5.33. The van der Waals surface area contributed by atoms with Crippen molar-refractivity contribution in [2.45, 2.75) is 13.2 Å². The Morgan fingerprint density at radius 3 is 1.71 bits per heavy atom. The van der Waals surface area contributed by atoms with Crippen molar-refractivity contribution in [2.24, 2.45) is 5.90 Å². The van der Waals surface area contributed by atoms with Gasteiger partial charge in [-0.25, -0.2) is 10.7 Å². The third-order valence-electron chi connectivity index (χ3n) is 3.28. The minimum atomic E-state index is -0.642. The van der Waals surface area contributed by atoms with Crippen LogP contribution in [0.25, 0.3) is 0 Å². The first-order chi connectivity index (χ1) is 13.3. The maximum Gasteiger partial charge on any atom is 0.436 e. The average Bonchev–Trinajstić information content (AvgIpc) is 2.71. The van der Waals surface area contributed by atoms with Crippen molar-refractivity contribution in [1.29, 1.82) is 0 Å². The third-order valence-corrected chi connectivity index (χ3v) is 3.28. The highest BCUT2D eigenvalue weighted by atomic mass is 35.5. The van der Waals surface area contributed by atoms with Gasteiger partial charge in [0.05, 0.1) is 13.2 Å². The fraction of sp³-hybridized carbons (Fsp3) is 0.0952. The summed E-state index contributed by atoms with van der Waals surface area (Å²) in [5, 5.41) is 0. The van der Waals surface area contributed by atoms with Gasteiger partial charge in [0.25, 0.3) is 0 Å². The van der Waals surface area contributed by atoms with Crippen molar-refractivity contribution in [3.8, 4) is 5.75 Å². The molecule has 0 saturated carbocycles. The first-order valence-electron chi connectivity index (χ1n) is 8.32. The zero-order chi connectivity index (χ0) is 19.2. The second kappa shape index (κ2) is 14.2. The highest BCUT2D eigenvalue weighted by Crippen LogP contribution is 2.08. The van der Waals surface area contributed by atoms with E-state index in [4.69, 9.17) is 15.5 Å². The topological polar surface area (TPSA) is 82.8 Å². The minimum absolute atomic E-state index is 0. The van der Waals surface area contributed by atoms with Gasteiger partial charge in [0.15, 0.2) is 0 Å². The summed E-state index contributed by atoms with van der Waals surface area (Å²) < 4.78 is 4.98. The lowest BCUT2D eigenvalue weighted by Crippen LogP contribution is -2.26. The van der Waals surface area contributed by atoms with Crippen LogP contribution in [0.5, 0.6) is 5.75 Å². The Labute approximate surface area is 170 Å². The van der Waals surface area contributed by atoms with Gasteiger partial charge < -0.3 is 4.74 Å². The van der Waals surface area contributed by atoms with Gasteiger partial charge >= 0.3 is 6.09 Å². The second-order valence-corrected chi connectivity index (χ2v) is 5.38. The molecule has 3 aromatic rings. The van der Waals surface area contributed by atoms with E-state index in [0.29, 0.717) is 19.0 Å². The summed E-state index contributed by atoms with van der Waals surface area (Å²) in [4.78, 5) is 20.8. The largest absolute Gasteiger partial charge is 0.436 e. The van der Waals surface area contributed by atoms with Crippen LogP contribution >= 0.6 is 12.4 Å². The molecule has 0 aromatic heterocycles. The highest BCUT2D eigenvalue weighted by Gasteiger charge is 2.03. The van der Waals surface area contributed by atoms with Crippen LogP contribution in [0.3, 0.4) is 0 Å². The number of carbonyl (C=O) groups is 1. The summed E-state index contributed by atoms with van der Waals surface area (Å²) in [6.07, 6.45) is -0.642. The van der Waals surface area contributed by atoms with Crippen LogP contribution in [0.2, 0.25) is 0 Å². The van der Waals surface area contributed by atoms with Gasteiger partial charge in [-0.3, -0.25) is 9.68 Å². The number of halogens is 1. The van der Waals surface area contributed by atoms with Gasteiger partial charge in [-0.05, 0) is 23.3 Å². The molecule has 0 fully saturated rings. The Hall–Kier alpha value is -2.90. The quantitative estimate of drug-likeness (QED) is 0.597. The Bertz CT molecular complexity index is 774. The van der Waals surface area contributed by atoms with E-state index in [1.54, 1.807) is 24.3 Å². The Morgan fingerprint density at radius 2 is 1.21 bits per heavy atom. The zero-order valence-corrected chi connectivity index (χ0v) is 16.0. The number of hydrogen-bond donors (Lipinski definition) is 2. The molecule has 7 heteroatoms. The molecule has 0 unspecified atom stereocenters. The number of amides is 1. The van der Waals surface area contributed by atoms with Gasteiger partial charge in [0.1, 0.15) is 5.75 Å². The van der Waals surface area contributed by atoms with Crippen LogP contribution in [0.4, 0.5) is 4.79 Å². The SMILES string of the molecule is Cl.NOCc1ccccc1.O=C(NOCc1ccccc1)Oc1ccccc1. The standard InChI is InChI=1S/C14H13NO3.C7H9NO.ClH/c16-14(18-13-9-5-2-6-10-13)15-17-11-12-7-3-1-4-8-12;8-9-6-7-4-2-1-3-5-7;/h1-10H,11H2,(H,15,16);1-5H,6,8H2;1H. The fourth-order valence-corrected chi connectivity index (χ4v) is 2.04. The van der Waals surface area contributed by atoms with Crippen molar-refractivity contribution in [2.75, 3.05) is 0 Å². The van der Waals surface area contributed by atoms with Crippen molar-refractivity contribution in [3.63, 3.8) is 0 Å². The third kappa shape index (κ3) is 9.70. The molecule has 0 aliphatic carbocycles. The number of carbonyl (C=O) groups excluding carboxylic acids is 1.